The highest BCUT2D eigenvalue weighted by molar-refractivity contribution is 6.04. The smallest absolute Gasteiger partial charge is 0.255 e. The molecular weight excluding hydrogens is 264 g/mol. The van der Waals surface area contributed by atoms with Crippen LogP contribution >= 0.6 is 0 Å². The van der Waals surface area contributed by atoms with E-state index in [1.54, 1.807) is 18.2 Å². The van der Waals surface area contributed by atoms with Gasteiger partial charge in [-0.1, -0.05) is 19.1 Å². The lowest BCUT2D eigenvalue weighted by Crippen LogP contribution is -2.12. The average molecular weight is 284 g/mol. The first kappa shape index (κ1) is 14.9. The number of amides is 1. The molecule has 0 atom stereocenters. The molecule has 0 saturated heterocycles. The molecule has 0 aliphatic carbocycles. The molecule has 2 aromatic rings. The van der Waals surface area contributed by atoms with Crippen LogP contribution < -0.4 is 15.8 Å². The topological polar surface area (TPSA) is 64.3 Å². The number of ether oxygens (including phenoxy) is 1. The molecule has 4 heteroatoms. The fourth-order valence-corrected chi connectivity index (χ4v) is 1.87. The molecule has 0 fully saturated rings. The Hall–Kier alpha value is -2.49. The van der Waals surface area contributed by atoms with Gasteiger partial charge in [-0.05, 0) is 49.2 Å². The lowest BCUT2D eigenvalue weighted by molar-refractivity contribution is 0.102. The number of nitrogens with one attached hydrogen (secondary N) is 1. The van der Waals surface area contributed by atoms with E-state index in [0.29, 0.717) is 29.3 Å². The maximum atomic E-state index is 12.2. The van der Waals surface area contributed by atoms with Crippen molar-refractivity contribution in [2.45, 2.75) is 20.3 Å². The highest BCUT2D eigenvalue weighted by atomic mass is 16.5. The van der Waals surface area contributed by atoms with Crippen molar-refractivity contribution in [1.82, 2.24) is 0 Å². The Morgan fingerprint density at radius 2 is 2.05 bits per heavy atom. The molecule has 21 heavy (non-hydrogen) atoms. The zero-order valence-electron chi connectivity index (χ0n) is 12.3. The SMILES string of the molecule is CCCOc1cccc(C(=O)Nc2ccc(C)c(N)c2)c1. The van der Waals surface area contributed by atoms with Crippen LogP contribution in [0.2, 0.25) is 0 Å². The van der Waals surface area contributed by atoms with Crippen molar-refractivity contribution < 1.29 is 9.53 Å². The fourth-order valence-electron chi connectivity index (χ4n) is 1.87. The standard InChI is InChI=1S/C17H20N2O2/c1-3-9-21-15-6-4-5-13(10-15)17(20)19-14-8-7-12(2)16(18)11-14/h4-8,10-11H,3,9,18H2,1-2H3,(H,19,20). The number of carbonyl (C=O) groups is 1. The van der Waals surface area contributed by atoms with Crippen molar-refractivity contribution in [3.8, 4) is 5.75 Å². The lowest BCUT2D eigenvalue weighted by Gasteiger charge is -2.09. The second kappa shape index (κ2) is 6.79. The van der Waals surface area contributed by atoms with E-state index in [2.05, 4.69) is 5.32 Å². The Kier molecular flexibility index (Phi) is 4.82. The van der Waals surface area contributed by atoms with Crippen LogP contribution in [0.15, 0.2) is 42.5 Å². The molecule has 2 rings (SSSR count). The van der Waals surface area contributed by atoms with E-state index >= 15 is 0 Å². The molecule has 3 N–H and O–H groups in total. The van der Waals surface area contributed by atoms with E-state index in [-0.39, 0.29) is 5.91 Å². The van der Waals surface area contributed by atoms with Gasteiger partial charge in [0.15, 0.2) is 0 Å². The number of hydrogen-bond acceptors (Lipinski definition) is 3. The monoisotopic (exact) mass is 284 g/mol. The highest BCUT2D eigenvalue weighted by Crippen LogP contribution is 2.19. The minimum atomic E-state index is -0.180. The molecule has 0 aromatic heterocycles. The van der Waals surface area contributed by atoms with Gasteiger partial charge >= 0.3 is 0 Å². The van der Waals surface area contributed by atoms with Crippen LogP contribution in [0.1, 0.15) is 29.3 Å². The predicted octanol–water partition coefficient (Wildman–Crippen LogP) is 3.62. The Morgan fingerprint density at radius 3 is 2.76 bits per heavy atom. The van der Waals surface area contributed by atoms with Crippen LogP contribution in [0.4, 0.5) is 11.4 Å². The molecule has 2 aromatic carbocycles. The highest BCUT2D eigenvalue weighted by Gasteiger charge is 2.08. The average Bonchev–Trinajstić information content (AvgIpc) is 2.49. The molecular formula is C17H20N2O2. The predicted molar refractivity (Wildman–Crippen MR) is 85.8 cm³/mol. The summed E-state index contributed by atoms with van der Waals surface area (Å²) in [6.07, 6.45) is 0.930. The summed E-state index contributed by atoms with van der Waals surface area (Å²) in [6, 6.07) is 12.6. The summed E-state index contributed by atoms with van der Waals surface area (Å²) in [7, 11) is 0. The largest absolute Gasteiger partial charge is 0.494 e. The van der Waals surface area contributed by atoms with Gasteiger partial charge < -0.3 is 15.8 Å². The number of benzene rings is 2. The summed E-state index contributed by atoms with van der Waals surface area (Å²) in [5.74, 6) is 0.521. The minimum absolute atomic E-state index is 0.180. The van der Waals surface area contributed by atoms with E-state index in [1.807, 2.05) is 38.1 Å². The summed E-state index contributed by atoms with van der Waals surface area (Å²) in [5, 5.41) is 2.84. The molecule has 110 valence electrons. The number of anilines is 2. The maximum absolute atomic E-state index is 12.2. The molecule has 0 bridgehead atoms. The lowest BCUT2D eigenvalue weighted by atomic mass is 10.1. The van der Waals surface area contributed by atoms with Crippen LogP contribution in [0.3, 0.4) is 0 Å². The zero-order valence-corrected chi connectivity index (χ0v) is 12.3. The number of rotatable bonds is 5. The minimum Gasteiger partial charge on any atom is -0.494 e. The summed E-state index contributed by atoms with van der Waals surface area (Å²) in [4.78, 5) is 12.2. The van der Waals surface area contributed by atoms with Gasteiger partial charge in [0.05, 0.1) is 6.61 Å². The van der Waals surface area contributed by atoms with E-state index < -0.39 is 0 Å². The summed E-state index contributed by atoms with van der Waals surface area (Å²) in [5.41, 5.74) is 8.73. The van der Waals surface area contributed by atoms with Crippen molar-refractivity contribution in [2.75, 3.05) is 17.7 Å². The second-order valence-electron chi connectivity index (χ2n) is 4.90. The zero-order chi connectivity index (χ0) is 15.2. The molecule has 1 amide bonds. The molecule has 0 aliphatic rings. The van der Waals surface area contributed by atoms with Gasteiger partial charge in [-0.3, -0.25) is 4.79 Å². The van der Waals surface area contributed by atoms with Gasteiger partial charge in [-0.25, -0.2) is 0 Å². The summed E-state index contributed by atoms with van der Waals surface area (Å²) < 4.78 is 5.53. The molecule has 4 nitrogen and oxygen atoms in total. The van der Waals surface area contributed by atoms with E-state index in [1.165, 1.54) is 0 Å². The molecule has 0 saturated carbocycles. The first-order valence-electron chi connectivity index (χ1n) is 7.00. The number of carbonyl (C=O) groups excluding carboxylic acids is 1. The molecule has 0 unspecified atom stereocenters. The van der Waals surface area contributed by atoms with Crippen LogP contribution in [0, 0.1) is 6.92 Å². The third-order valence-corrected chi connectivity index (χ3v) is 3.11. The number of nitrogen functional groups attached to an aromatic ring is 1. The van der Waals surface area contributed by atoms with Crippen molar-refractivity contribution in [3.05, 3.63) is 53.6 Å². The van der Waals surface area contributed by atoms with Crippen LogP contribution in [0.5, 0.6) is 5.75 Å². The van der Waals surface area contributed by atoms with E-state index in [9.17, 15) is 4.79 Å². The first-order chi connectivity index (χ1) is 10.1. The Labute approximate surface area is 124 Å². The van der Waals surface area contributed by atoms with Crippen molar-refractivity contribution >= 4 is 17.3 Å². The number of hydrogen-bond donors (Lipinski definition) is 2. The van der Waals surface area contributed by atoms with Crippen molar-refractivity contribution in [2.24, 2.45) is 0 Å². The molecule has 0 heterocycles. The Morgan fingerprint density at radius 1 is 1.24 bits per heavy atom. The summed E-state index contributed by atoms with van der Waals surface area (Å²) in [6.45, 7) is 4.60. The molecule has 0 aliphatic heterocycles. The van der Waals surface area contributed by atoms with Gasteiger partial charge in [0.25, 0.3) is 5.91 Å². The molecule has 0 spiro atoms. The Balaban J connectivity index is 2.10. The van der Waals surface area contributed by atoms with Gasteiger partial charge in [-0.15, -0.1) is 0 Å². The maximum Gasteiger partial charge on any atom is 0.255 e. The molecule has 0 radical (unpaired) electrons. The van der Waals surface area contributed by atoms with Crippen molar-refractivity contribution in [3.63, 3.8) is 0 Å². The van der Waals surface area contributed by atoms with Crippen LogP contribution in [0.25, 0.3) is 0 Å². The van der Waals surface area contributed by atoms with Gasteiger partial charge in [0.2, 0.25) is 0 Å². The van der Waals surface area contributed by atoms with Crippen LogP contribution in [-0.2, 0) is 0 Å². The first-order valence-corrected chi connectivity index (χ1v) is 7.00. The quantitative estimate of drug-likeness (QED) is 0.824. The third-order valence-electron chi connectivity index (χ3n) is 3.11. The van der Waals surface area contributed by atoms with Crippen LogP contribution in [-0.4, -0.2) is 12.5 Å². The number of nitrogens with two attached hydrogens (primary N) is 1. The van der Waals surface area contributed by atoms with Gasteiger partial charge in [0, 0.05) is 16.9 Å². The number of aryl methyl sites for hydroxylation is 1. The van der Waals surface area contributed by atoms with Crippen molar-refractivity contribution in [1.29, 1.82) is 0 Å². The van der Waals surface area contributed by atoms with Gasteiger partial charge in [-0.2, -0.15) is 0 Å². The summed E-state index contributed by atoms with van der Waals surface area (Å²) >= 11 is 0. The second-order valence-corrected chi connectivity index (χ2v) is 4.90. The van der Waals surface area contributed by atoms with E-state index in [4.69, 9.17) is 10.5 Å². The normalized spacial score (nSPS) is 10.2. The van der Waals surface area contributed by atoms with E-state index in [0.717, 1.165) is 12.0 Å². The fraction of sp³-hybridized carbons (Fsp3) is 0.235. The van der Waals surface area contributed by atoms with Gasteiger partial charge in [0.1, 0.15) is 5.75 Å². The third kappa shape index (κ3) is 3.99. The Bertz CT molecular complexity index is 638.